The highest BCUT2D eigenvalue weighted by atomic mass is 14.8. The molecule has 0 saturated carbocycles. The minimum Gasteiger partial charge on any atom is -0.291 e. The van der Waals surface area contributed by atoms with Crippen LogP contribution < -0.4 is 0 Å². The molecular formula is C20H24N2. The molecule has 1 unspecified atom stereocenters. The Balaban J connectivity index is 2.36. The summed E-state index contributed by atoms with van der Waals surface area (Å²) in [6, 6.07) is 20.5. The minimum absolute atomic E-state index is 0.0833. The van der Waals surface area contributed by atoms with Gasteiger partial charge in [-0.3, -0.25) is 9.98 Å². The molecule has 0 amide bonds. The van der Waals surface area contributed by atoms with Gasteiger partial charge in [-0.1, -0.05) is 48.5 Å². The Morgan fingerprint density at radius 2 is 1.45 bits per heavy atom. The van der Waals surface area contributed by atoms with E-state index < -0.39 is 0 Å². The first-order chi connectivity index (χ1) is 10.5. The Labute approximate surface area is 133 Å². The van der Waals surface area contributed by atoms with Crippen LogP contribution in [0.1, 0.15) is 39.2 Å². The average molecular weight is 292 g/mol. The van der Waals surface area contributed by atoms with Crippen molar-refractivity contribution in [2.24, 2.45) is 9.98 Å². The SMILES string of the molecule is CC(=Nc1ccccc1)C(C=NC(C)(C)C)c1ccccc1. The van der Waals surface area contributed by atoms with Gasteiger partial charge in [0.15, 0.2) is 0 Å². The van der Waals surface area contributed by atoms with E-state index in [1.54, 1.807) is 0 Å². The number of benzene rings is 2. The summed E-state index contributed by atoms with van der Waals surface area (Å²) in [4.78, 5) is 9.45. The van der Waals surface area contributed by atoms with Crippen molar-refractivity contribution in [2.45, 2.75) is 39.2 Å². The van der Waals surface area contributed by atoms with Gasteiger partial charge in [0, 0.05) is 11.9 Å². The van der Waals surface area contributed by atoms with Crippen LogP contribution >= 0.6 is 0 Å². The third-order valence-electron chi connectivity index (χ3n) is 3.28. The molecule has 2 rings (SSSR count). The molecule has 2 aromatic rings. The van der Waals surface area contributed by atoms with Crippen molar-refractivity contribution >= 4 is 17.6 Å². The summed E-state index contributed by atoms with van der Waals surface area (Å²) in [6.07, 6.45) is 2.02. The predicted octanol–water partition coefficient (Wildman–Crippen LogP) is 5.43. The molecule has 2 heteroatoms. The zero-order chi connectivity index (χ0) is 16.0. The van der Waals surface area contributed by atoms with Gasteiger partial charge in [0.2, 0.25) is 0 Å². The summed E-state index contributed by atoms with van der Waals surface area (Å²) in [5, 5.41) is 0. The first-order valence-electron chi connectivity index (χ1n) is 7.66. The van der Waals surface area contributed by atoms with Crippen LogP contribution in [-0.4, -0.2) is 17.5 Å². The molecule has 2 nitrogen and oxygen atoms in total. The number of rotatable bonds is 4. The van der Waals surface area contributed by atoms with E-state index in [0.717, 1.165) is 11.4 Å². The van der Waals surface area contributed by atoms with Crippen LogP contribution in [0.4, 0.5) is 5.69 Å². The topological polar surface area (TPSA) is 24.7 Å². The van der Waals surface area contributed by atoms with E-state index in [1.165, 1.54) is 5.56 Å². The quantitative estimate of drug-likeness (QED) is 0.671. The first-order valence-corrected chi connectivity index (χ1v) is 7.66. The molecule has 0 heterocycles. The molecule has 0 saturated heterocycles. The van der Waals surface area contributed by atoms with Crippen molar-refractivity contribution in [3.63, 3.8) is 0 Å². The molecule has 0 aromatic heterocycles. The Morgan fingerprint density at radius 1 is 0.909 bits per heavy atom. The van der Waals surface area contributed by atoms with E-state index in [1.807, 2.05) is 42.6 Å². The number of hydrogen-bond acceptors (Lipinski definition) is 2. The number of nitrogens with zero attached hydrogens (tertiary/aromatic N) is 2. The zero-order valence-corrected chi connectivity index (χ0v) is 13.8. The summed E-state index contributed by atoms with van der Waals surface area (Å²) < 4.78 is 0. The van der Waals surface area contributed by atoms with Gasteiger partial charge in [-0.25, -0.2) is 0 Å². The molecule has 1 atom stereocenters. The fourth-order valence-electron chi connectivity index (χ4n) is 2.17. The van der Waals surface area contributed by atoms with Gasteiger partial charge in [0.25, 0.3) is 0 Å². The predicted molar refractivity (Wildman–Crippen MR) is 96.6 cm³/mol. The molecule has 0 aliphatic rings. The molecule has 0 N–H and O–H groups in total. The maximum atomic E-state index is 4.76. The average Bonchev–Trinajstić information content (AvgIpc) is 2.48. The summed E-state index contributed by atoms with van der Waals surface area (Å²) in [5.41, 5.74) is 3.16. The molecule has 0 aliphatic carbocycles. The van der Waals surface area contributed by atoms with Crippen LogP contribution in [-0.2, 0) is 0 Å². The Hall–Kier alpha value is -2.22. The Kier molecular flexibility index (Phi) is 5.26. The van der Waals surface area contributed by atoms with Crippen LogP contribution in [0.3, 0.4) is 0 Å². The molecule has 0 radical (unpaired) electrons. The van der Waals surface area contributed by atoms with Crippen LogP contribution in [0.2, 0.25) is 0 Å². The minimum atomic E-state index is -0.0833. The lowest BCUT2D eigenvalue weighted by Crippen LogP contribution is -2.16. The lowest BCUT2D eigenvalue weighted by Gasteiger charge is -2.17. The van der Waals surface area contributed by atoms with Crippen LogP contribution in [0.25, 0.3) is 0 Å². The van der Waals surface area contributed by atoms with Crippen LogP contribution in [0, 0.1) is 0 Å². The molecule has 2 aromatic carbocycles. The van der Waals surface area contributed by atoms with Crippen molar-refractivity contribution in [1.29, 1.82) is 0 Å². The number of hydrogen-bond donors (Lipinski definition) is 0. The molecule has 114 valence electrons. The smallest absolute Gasteiger partial charge is 0.0629 e. The summed E-state index contributed by atoms with van der Waals surface area (Å²) in [6.45, 7) is 8.39. The van der Waals surface area contributed by atoms with E-state index in [0.29, 0.717) is 0 Å². The van der Waals surface area contributed by atoms with Gasteiger partial charge in [-0.15, -0.1) is 0 Å². The van der Waals surface area contributed by atoms with Gasteiger partial charge < -0.3 is 0 Å². The normalized spacial score (nSPS) is 14.3. The number of aliphatic imine (C=N–C) groups is 2. The summed E-state index contributed by atoms with van der Waals surface area (Å²) in [5.74, 6) is 0.0978. The maximum absolute atomic E-state index is 4.76. The molecule has 0 fully saturated rings. The lowest BCUT2D eigenvalue weighted by atomic mass is 9.95. The highest BCUT2D eigenvalue weighted by molar-refractivity contribution is 6.03. The zero-order valence-electron chi connectivity index (χ0n) is 13.8. The van der Waals surface area contributed by atoms with E-state index in [4.69, 9.17) is 9.98 Å². The second-order valence-corrected chi connectivity index (χ2v) is 6.43. The maximum Gasteiger partial charge on any atom is 0.0629 e. The van der Waals surface area contributed by atoms with Gasteiger partial charge in [0.05, 0.1) is 17.1 Å². The van der Waals surface area contributed by atoms with Crippen LogP contribution in [0.15, 0.2) is 70.6 Å². The van der Waals surface area contributed by atoms with Gasteiger partial charge in [-0.2, -0.15) is 0 Å². The Bertz CT molecular complexity index is 634. The van der Waals surface area contributed by atoms with Crippen molar-refractivity contribution in [3.05, 3.63) is 66.2 Å². The monoisotopic (exact) mass is 292 g/mol. The first kappa shape index (κ1) is 16.2. The standard InChI is InChI=1S/C20H24N2/c1-16(22-18-13-9-6-10-14-18)19(15-21-20(2,3)4)17-11-7-5-8-12-17/h5-15,19H,1-4H3. The van der Waals surface area contributed by atoms with Crippen molar-refractivity contribution in [1.82, 2.24) is 0 Å². The summed E-state index contributed by atoms with van der Waals surface area (Å²) >= 11 is 0. The highest BCUT2D eigenvalue weighted by Gasteiger charge is 2.14. The fourth-order valence-corrected chi connectivity index (χ4v) is 2.17. The Morgan fingerprint density at radius 3 is 2.00 bits per heavy atom. The van der Waals surface area contributed by atoms with Gasteiger partial charge >= 0.3 is 0 Å². The van der Waals surface area contributed by atoms with Crippen molar-refractivity contribution in [3.8, 4) is 0 Å². The van der Waals surface area contributed by atoms with Crippen molar-refractivity contribution in [2.75, 3.05) is 0 Å². The highest BCUT2D eigenvalue weighted by Crippen LogP contribution is 2.20. The third-order valence-corrected chi connectivity index (χ3v) is 3.28. The summed E-state index contributed by atoms with van der Waals surface area (Å²) in [7, 11) is 0. The van der Waals surface area contributed by atoms with E-state index in [2.05, 4.69) is 52.0 Å². The third kappa shape index (κ3) is 4.96. The van der Waals surface area contributed by atoms with Gasteiger partial charge in [-0.05, 0) is 45.4 Å². The fraction of sp³-hybridized carbons (Fsp3) is 0.300. The lowest BCUT2D eigenvalue weighted by molar-refractivity contribution is 0.585. The van der Waals surface area contributed by atoms with E-state index in [-0.39, 0.29) is 11.5 Å². The molecule has 0 aliphatic heterocycles. The van der Waals surface area contributed by atoms with E-state index >= 15 is 0 Å². The van der Waals surface area contributed by atoms with E-state index in [9.17, 15) is 0 Å². The second kappa shape index (κ2) is 7.17. The second-order valence-electron chi connectivity index (χ2n) is 6.43. The van der Waals surface area contributed by atoms with Gasteiger partial charge in [0.1, 0.15) is 0 Å². The molecule has 22 heavy (non-hydrogen) atoms. The molecule has 0 spiro atoms. The largest absolute Gasteiger partial charge is 0.291 e. The molecule has 0 bridgehead atoms. The molecular weight excluding hydrogens is 268 g/mol. The number of para-hydroxylation sites is 1. The van der Waals surface area contributed by atoms with Crippen LogP contribution in [0.5, 0.6) is 0 Å². The van der Waals surface area contributed by atoms with Crippen molar-refractivity contribution < 1.29 is 0 Å².